The minimum atomic E-state index is -0.737. The van der Waals surface area contributed by atoms with Gasteiger partial charge in [0.15, 0.2) is 5.82 Å². The van der Waals surface area contributed by atoms with Crippen molar-refractivity contribution in [3.8, 4) is 23.1 Å². The highest BCUT2D eigenvalue weighted by Gasteiger charge is 2.19. The van der Waals surface area contributed by atoms with Crippen molar-refractivity contribution in [2.24, 2.45) is 0 Å². The van der Waals surface area contributed by atoms with Gasteiger partial charge >= 0.3 is 0 Å². The normalized spacial score (nSPS) is 11.3. The summed E-state index contributed by atoms with van der Waals surface area (Å²) in [4.78, 5) is 8.58. The number of hydrogen-bond donors (Lipinski definition) is 1. The molecule has 0 fully saturated rings. The van der Waals surface area contributed by atoms with Gasteiger partial charge in [0.2, 0.25) is 5.88 Å². The highest BCUT2D eigenvalue weighted by atomic mass is 19.1. The summed E-state index contributed by atoms with van der Waals surface area (Å²) in [6.45, 7) is 3.83. The van der Waals surface area contributed by atoms with Crippen molar-refractivity contribution >= 4 is 10.9 Å². The van der Waals surface area contributed by atoms with Gasteiger partial charge in [-0.3, -0.25) is 4.68 Å². The van der Waals surface area contributed by atoms with Gasteiger partial charge in [-0.1, -0.05) is 18.2 Å². The fraction of sp³-hybridized carbons (Fsp3) is 0.261. The Labute approximate surface area is 183 Å². The van der Waals surface area contributed by atoms with E-state index in [1.807, 2.05) is 18.2 Å². The summed E-state index contributed by atoms with van der Waals surface area (Å²) in [5.74, 6) is -1.28. The first-order valence-corrected chi connectivity index (χ1v) is 9.98. The predicted octanol–water partition coefficient (Wildman–Crippen LogP) is 4.17. The molecular formula is C23H22F2N4O3. The monoisotopic (exact) mass is 440 g/mol. The molecule has 2 aromatic carbocycles. The number of methoxy groups -OCH3 is 1. The van der Waals surface area contributed by atoms with Crippen LogP contribution in [0.4, 0.5) is 8.78 Å². The molecule has 4 rings (SSSR count). The van der Waals surface area contributed by atoms with Crippen LogP contribution in [0.15, 0.2) is 36.4 Å². The number of para-hydroxylation sites is 1. The van der Waals surface area contributed by atoms with E-state index in [1.165, 1.54) is 11.8 Å². The molecule has 0 aliphatic rings. The molecular weight excluding hydrogens is 418 g/mol. The molecule has 0 atom stereocenters. The zero-order chi connectivity index (χ0) is 22.8. The Morgan fingerprint density at radius 2 is 1.75 bits per heavy atom. The topological polar surface area (TPSA) is 82.3 Å². The third-order valence-electron chi connectivity index (χ3n) is 5.21. The molecule has 0 spiro atoms. The Morgan fingerprint density at radius 1 is 1.03 bits per heavy atom. The number of halogens is 2. The van der Waals surface area contributed by atoms with E-state index in [9.17, 15) is 13.9 Å². The first-order chi connectivity index (χ1) is 15.4. The number of rotatable bonds is 7. The van der Waals surface area contributed by atoms with Crippen molar-refractivity contribution < 1.29 is 23.4 Å². The Morgan fingerprint density at radius 3 is 2.44 bits per heavy atom. The summed E-state index contributed by atoms with van der Waals surface area (Å²) < 4.78 is 41.2. The highest BCUT2D eigenvalue weighted by molar-refractivity contribution is 5.91. The summed E-state index contributed by atoms with van der Waals surface area (Å²) in [7, 11) is 1.51. The maximum Gasteiger partial charge on any atom is 0.217 e. The van der Waals surface area contributed by atoms with E-state index in [-0.39, 0.29) is 36.2 Å². The molecule has 7 nitrogen and oxygen atoms in total. The van der Waals surface area contributed by atoms with E-state index in [2.05, 4.69) is 15.1 Å². The van der Waals surface area contributed by atoms with Crippen molar-refractivity contribution in [3.63, 3.8) is 0 Å². The van der Waals surface area contributed by atoms with Gasteiger partial charge in [-0.05, 0) is 19.9 Å². The Bertz CT molecular complexity index is 1240. The summed E-state index contributed by atoms with van der Waals surface area (Å²) >= 11 is 0. The number of aromatic nitrogens is 4. The third-order valence-corrected chi connectivity index (χ3v) is 5.21. The van der Waals surface area contributed by atoms with Crippen LogP contribution in [0, 0.1) is 25.5 Å². The van der Waals surface area contributed by atoms with Crippen molar-refractivity contribution in [2.75, 3.05) is 20.3 Å². The molecule has 0 radical (unpaired) electrons. The molecule has 2 heterocycles. The Hall–Kier alpha value is -3.59. The lowest BCUT2D eigenvalue weighted by atomic mass is 10.1. The second-order valence-corrected chi connectivity index (χ2v) is 7.31. The van der Waals surface area contributed by atoms with E-state index in [1.54, 1.807) is 19.9 Å². The van der Waals surface area contributed by atoms with Gasteiger partial charge in [0.25, 0.3) is 0 Å². The first kappa shape index (κ1) is 21.6. The van der Waals surface area contributed by atoms with Crippen LogP contribution in [0.5, 0.6) is 11.6 Å². The summed E-state index contributed by atoms with van der Waals surface area (Å²) in [5, 5.41) is 15.4. The molecule has 166 valence electrons. The van der Waals surface area contributed by atoms with Gasteiger partial charge in [0, 0.05) is 41.4 Å². The van der Waals surface area contributed by atoms with Crippen LogP contribution in [-0.2, 0) is 11.3 Å². The average molecular weight is 440 g/mol. The Balaban J connectivity index is 1.74. The van der Waals surface area contributed by atoms with Gasteiger partial charge in [-0.25, -0.2) is 13.8 Å². The van der Waals surface area contributed by atoms with E-state index in [0.29, 0.717) is 34.5 Å². The van der Waals surface area contributed by atoms with Gasteiger partial charge in [0.1, 0.15) is 29.7 Å². The molecule has 0 saturated heterocycles. The van der Waals surface area contributed by atoms with Crippen LogP contribution in [0.1, 0.15) is 16.8 Å². The molecule has 0 unspecified atom stereocenters. The third kappa shape index (κ3) is 4.11. The number of aromatic hydroxyl groups is 1. The zero-order valence-electron chi connectivity index (χ0n) is 17.9. The molecule has 1 N–H and O–H groups in total. The molecule has 0 amide bonds. The average Bonchev–Trinajstić information content (AvgIpc) is 3.13. The summed E-state index contributed by atoms with van der Waals surface area (Å²) in [6, 6.07) is 9.54. The van der Waals surface area contributed by atoms with E-state index < -0.39 is 11.6 Å². The smallest absolute Gasteiger partial charge is 0.217 e. The van der Waals surface area contributed by atoms with E-state index in [4.69, 9.17) is 9.47 Å². The van der Waals surface area contributed by atoms with Crippen LogP contribution in [0.3, 0.4) is 0 Å². The van der Waals surface area contributed by atoms with Crippen LogP contribution in [0.2, 0.25) is 0 Å². The SMILES string of the molecule is COCCOc1cc(F)c(Cn2nc(-c3nc(C)c(C)c(O)n3)c3ccccc32)c(F)c1. The fourth-order valence-electron chi connectivity index (χ4n) is 3.34. The van der Waals surface area contributed by atoms with Crippen LogP contribution < -0.4 is 4.74 Å². The molecule has 9 heteroatoms. The summed E-state index contributed by atoms with van der Waals surface area (Å²) in [6.07, 6.45) is 0. The number of aryl methyl sites for hydroxylation is 1. The number of hydrogen-bond acceptors (Lipinski definition) is 6. The highest BCUT2D eigenvalue weighted by Crippen LogP contribution is 2.30. The van der Waals surface area contributed by atoms with Gasteiger partial charge < -0.3 is 14.6 Å². The zero-order valence-corrected chi connectivity index (χ0v) is 17.9. The van der Waals surface area contributed by atoms with E-state index in [0.717, 1.165) is 12.1 Å². The van der Waals surface area contributed by atoms with Crippen LogP contribution in [-0.4, -0.2) is 45.2 Å². The van der Waals surface area contributed by atoms with Gasteiger partial charge in [0.05, 0.1) is 18.7 Å². The number of nitrogens with zero attached hydrogens (tertiary/aromatic N) is 4. The molecule has 0 bridgehead atoms. The lowest BCUT2D eigenvalue weighted by molar-refractivity contribution is 0.146. The minimum Gasteiger partial charge on any atom is -0.493 e. The number of ether oxygens (including phenoxy) is 2. The van der Waals surface area contributed by atoms with Crippen LogP contribution in [0.25, 0.3) is 22.4 Å². The molecule has 0 aliphatic heterocycles. The standard InChI is InChI=1S/C23H22F2N4O3/c1-13-14(2)26-22(27-23(13)30)21-16-6-4-5-7-20(16)29(28-21)12-17-18(24)10-15(11-19(17)25)32-9-8-31-3/h4-7,10-11H,8-9,12H2,1-3H3,(H,26,27,30). The maximum atomic E-state index is 14.7. The Kier molecular flexibility index (Phi) is 6.00. The van der Waals surface area contributed by atoms with Gasteiger partial charge in [-0.2, -0.15) is 10.1 Å². The second-order valence-electron chi connectivity index (χ2n) is 7.31. The molecule has 32 heavy (non-hydrogen) atoms. The molecule has 0 saturated carbocycles. The molecule has 2 aromatic heterocycles. The minimum absolute atomic E-state index is 0.0887. The second kappa shape index (κ2) is 8.88. The van der Waals surface area contributed by atoms with Crippen molar-refractivity contribution in [3.05, 3.63) is 64.9 Å². The molecule has 0 aliphatic carbocycles. The largest absolute Gasteiger partial charge is 0.493 e. The quantitative estimate of drug-likeness (QED) is 0.435. The molecule has 4 aromatic rings. The lowest BCUT2D eigenvalue weighted by Gasteiger charge is -2.10. The van der Waals surface area contributed by atoms with Crippen molar-refractivity contribution in [2.45, 2.75) is 20.4 Å². The van der Waals surface area contributed by atoms with E-state index >= 15 is 0 Å². The van der Waals surface area contributed by atoms with Crippen LogP contribution >= 0.6 is 0 Å². The van der Waals surface area contributed by atoms with Crippen molar-refractivity contribution in [1.29, 1.82) is 0 Å². The summed E-state index contributed by atoms with van der Waals surface area (Å²) in [5.41, 5.74) is 2.12. The number of benzene rings is 2. The number of fused-ring (bicyclic) bond motifs is 1. The van der Waals surface area contributed by atoms with Gasteiger partial charge in [-0.15, -0.1) is 0 Å². The maximum absolute atomic E-state index is 14.7. The lowest BCUT2D eigenvalue weighted by Crippen LogP contribution is -2.09. The van der Waals surface area contributed by atoms with Crippen molar-refractivity contribution in [1.82, 2.24) is 19.7 Å². The fourth-order valence-corrected chi connectivity index (χ4v) is 3.34. The first-order valence-electron chi connectivity index (χ1n) is 9.98. The predicted molar refractivity (Wildman–Crippen MR) is 115 cm³/mol.